The number of hydrogen-bond acceptors (Lipinski definition) is 4. The van der Waals surface area contributed by atoms with Gasteiger partial charge in [0.25, 0.3) is 0 Å². The normalized spacial score (nSPS) is 10.9. The number of carboxylic acid groups (broad SMARTS) is 1. The average Bonchev–Trinajstić information content (AvgIpc) is 3.27. The van der Waals surface area contributed by atoms with Crippen molar-refractivity contribution in [2.45, 2.75) is 47.5 Å². The lowest BCUT2D eigenvalue weighted by Crippen LogP contribution is -2.01. The van der Waals surface area contributed by atoms with Gasteiger partial charge >= 0.3 is 5.97 Å². The zero-order valence-electron chi connectivity index (χ0n) is 20.5. The van der Waals surface area contributed by atoms with Crippen LogP contribution in [0.25, 0.3) is 22.9 Å². The molecule has 0 radical (unpaired) electrons. The second kappa shape index (κ2) is 11.3. The van der Waals surface area contributed by atoms with E-state index in [9.17, 15) is 4.79 Å². The van der Waals surface area contributed by atoms with Gasteiger partial charge in [0.05, 0.1) is 6.20 Å². The highest BCUT2D eigenvalue weighted by Crippen LogP contribution is 2.27. The van der Waals surface area contributed by atoms with E-state index in [0.29, 0.717) is 0 Å². The van der Waals surface area contributed by atoms with E-state index in [1.807, 2.05) is 50.4 Å². The molecule has 2 N–H and O–H groups in total. The first-order valence-electron chi connectivity index (χ1n) is 11.7. The van der Waals surface area contributed by atoms with E-state index in [1.54, 1.807) is 16.8 Å². The Balaban J connectivity index is 0.00000158. The van der Waals surface area contributed by atoms with Gasteiger partial charge < -0.3 is 10.4 Å². The smallest absolute Gasteiger partial charge is 0.328 e. The lowest BCUT2D eigenvalue weighted by atomic mass is 9.97. The minimum Gasteiger partial charge on any atom is -0.478 e. The number of fused-ring (bicyclic) bond motifs is 1. The third kappa shape index (κ3) is 5.52. The summed E-state index contributed by atoms with van der Waals surface area (Å²) < 4.78 is 1.74. The summed E-state index contributed by atoms with van der Waals surface area (Å²) in [4.78, 5) is 15.6. The number of hydrogen-bond donors (Lipinski definition) is 2. The molecule has 0 spiro atoms. The summed E-state index contributed by atoms with van der Waals surface area (Å²) in [5.41, 5.74) is 8.41. The Morgan fingerprint density at radius 1 is 1.12 bits per heavy atom. The summed E-state index contributed by atoms with van der Waals surface area (Å²) in [6.45, 7) is 10.5. The maximum atomic E-state index is 10.8. The molecule has 2 heterocycles. The van der Waals surface area contributed by atoms with Gasteiger partial charge in [-0.05, 0) is 77.9 Å². The van der Waals surface area contributed by atoms with Crippen LogP contribution in [0.2, 0.25) is 0 Å². The van der Waals surface area contributed by atoms with Crippen LogP contribution in [0.5, 0.6) is 0 Å². The molecule has 176 valence electrons. The summed E-state index contributed by atoms with van der Waals surface area (Å²) >= 11 is 0. The first kappa shape index (κ1) is 24.7. The van der Waals surface area contributed by atoms with Crippen LogP contribution in [0, 0.1) is 6.92 Å². The first-order valence-corrected chi connectivity index (χ1v) is 11.7. The minimum atomic E-state index is -0.975. The third-order valence-corrected chi connectivity index (χ3v) is 5.56. The molecule has 0 aliphatic carbocycles. The fourth-order valence-electron chi connectivity index (χ4n) is 4.05. The fraction of sp³-hybridized carbons (Fsp3) is 0.250. The van der Waals surface area contributed by atoms with Crippen molar-refractivity contribution in [2.75, 3.05) is 5.32 Å². The van der Waals surface area contributed by atoms with Crippen molar-refractivity contribution in [1.82, 2.24) is 14.6 Å². The van der Waals surface area contributed by atoms with Crippen LogP contribution < -0.4 is 5.32 Å². The summed E-state index contributed by atoms with van der Waals surface area (Å²) in [5, 5.41) is 16.8. The maximum absolute atomic E-state index is 10.8. The van der Waals surface area contributed by atoms with E-state index < -0.39 is 5.97 Å². The van der Waals surface area contributed by atoms with Crippen LogP contribution in [0.4, 0.5) is 11.5 Å². The fourth-order valence-corrected chi connectivity index (χ4v) is 4.05. The average molecular weight is 457 g/mol. The number of carbonyl (C=O) groups is 1. The highest BCUT2D eigenvalue weighted by Gasteiger charge is 2.11. The van der Waals surface area contributed by atoms with Gasteiger partial charge in [0.2, 0.25) is 0 Å². The number of aromatic nitrogens is 3. The molecule has 0 saturated carbocycles. The van der Waals surface area contributed by atoms with Crippen molar-refractivity contribution in [3.05, 3.63) is 83.2 Å². The molecule has 0 amide bonds. The van der Waals surface area contributed by atoms with E-state index in [4.69, 9.17) is 10.1 Å². The quantitative estimate of drug-likeness (QED) is 0.303. The molecule has 6 heteroatoms. The van der Waals surface area contributed by atoms with E-state index in [1.165, 1.54) is 16.7 Å². The number of carboxylic acids is 1. The van der Waals surface area contributed by atoms with Gasteiger partial charge in [0.1, 0.15) is 5.82 Å². The third-order valence-electron chi connectivity index (χ3n) is 5.56. The van der Waals surface area contributed by atoms with Gasteiger partial charge in [-0.2, -0.15) is 5.10 Å². The summed E-state index contributed by atoms with van der Waals surface area (Å²) in [7, 11) is 0. The SMILES string of the molecule is CC.CCc1cc(Nc2ccn3ncc(-c4cccc(/C=C/C(=O)O)c4)c3n2)cc(C)c1CC. The molecular weight excluding hydrogens is 424 g/mol. The second-order valence-corrected chi connectivity index (χ2v) is 7.70. The Labute approximate surface area is 201 Å². The molecule has 4 aromatic rings. The first-order chi connectivity index (χ1) is 16.5. The molecule has 0 bridgehead atoms. The molecule has 0 saturated heterocycles. The molecule has 0 unspecified atom stereocenters. The van der Waals surface area contributed by atoms with Crippen molar-refractivity contribution < 1.29 is 9.90 Å². The Hall–Kier alpha value is -3.93. The van der Waals surface area contributed by atoms with Crippen molar-refractivity contribution in [3.8, 4) is 11.1 Å². The summed E-state index contributed by atoms with van der Waals surface area (Å²) in [5.74, 6) is -0.232. The topological polar surface area (TPSA) is 79.5 Å². The van der Waals surface area contributed by atoms with E-state index in [-0.39, 0.29) is 0 Å². The lowest BCUT2D eigenvalue weighted by Gasteiger charge is -2.14. The molecule has 0 atom stereocenters. The van der Waals surface area contributed by atoms with Crippen LogP contribution in [-0.4, -0.2) is 25.7 Å². The van der Waals surface area contributed by atoms with Crippen LogP contribution in [0.1, 0.15) is 49.9 Å². The van der Waals surface area contributed by atoms with Crippen LogP contribution in [0.3, 0.4) is 0 Å². The summed E-state index contributed by atoms with van der Waals surface area (Å²) in [6, 6.07) is 13.9. The van der Waals surface area contributed by atoms with E-state index in [0.717, 1.165) is 52.8 Å². The van der Waals surface area contributed by atoms with Gasteiger partial charge in [-0.25, -0.2) is 14.3 Å². The van der Waals surface area contributed by atoms with Crippen LogP contribution in [-0.2, 0) is 17.6 Å². The van der Waals surface area contributed by atoms with Gasteiger partial charge in [-0.3, -0.25) is 0 Å². The number of aryl methyl sites for hydroxylation is 2. The van der Waals surface area contributed by atoms with Crippen LogP contribution in [0.15, 0.2) is 60.9 Å². The predicted molar refractivity (Wildman–Crippen MR) is 140 cm³/mol. The molecule has 0 fully saturated rings. The Bertz CT molecular complexity index is 1320. The van der Waals surface area contributed by atoms with Crippen molar-refractivity contribution in [2.24, 2.45) is 0 Å². The largest absolute Gasteiger partial charge is 0.478 e. The molecule has 4 rings (SSSR count). The molecule has 6 nitrogen and oxygen atoms in total. The number of benzene rings is 2. The molecular formula is C28H32N4O2. The monoisotopic (exact) mass is 456 g/mol. The van der Waals surface area contributed by atoms with Crippen molar-refractivity contribution in [1.29, 1.82) is 0 Å². The maximum Gasteiger partial charge on any atom is 0.328 e. The molecule has 0 aliphatic heterocycles. The van der Waals surface area contributed by atoms with Gasteiger partial charge in [0.15, 0.2) is 5.65 Å². The molecule has 2 aromatic carbocycles. The molecule has 2 aromatic heterocycles. The zero-order chi connectivity index (χ0) is 24.7. The van der Waals surface area contributed by atoms with E-state index in [2.05, 4.69) is 43.3 Å². The molecule has 0 aliphatic rings. The van der Waals surface area contributed by atoms with Crippen molar-refractivity contribution in [3.63, 3.8) is 0 Å². The Morgan fingerprint density at radius 2 is 1.91 bits per heavy atom. The number of nitrogens with one attached hydrogen (secondary N) is 1. The number of rotatable bonds is 7. The molecule has 34 heavy (non-hydrogen) atoms. The number of anilines is 2. The lowest BCUT2D eigenvalue weighted by molar-refractivity contribution is -0.131. The highest BCUT2D eigenvalue weighted by molar-refractivity contribution is 5.86. The van der Waals surface area contributed by atoms with Gasteiger partial charge in [0, 0.05) is 23.5 Å². The Kier molecular flexibility index (Phi) is 8.19. The zero-order valence-corrected chi connectivity index (χ0v) is 20.5. The highest BCUT2D eigenvalue weighted by atomic mass is 16.4. The number of nitrogens with zero attached hydrogens (tertiary/aromatic N) is 3. The Morgan fingerprint density at radius 3 is 2.62 bits per heavy atom. The second-order valence-electron chi connectivity index (χ2n) is 7.70. The standard InChI is InChI=1S/C26H26N4O2.C2H6/c1-4-19-15-21(13-17(3)22(19)5-2)28-24-11-12-30-26(29-24)23(16-27-30)20-8-6-7-18(14-20)9-10-25(31)32;1-2/h6-16H,4-5H2,1-3H3,(H,28,29)(H,31,32);1-2H3/b10-9+;. The predicted octanol–water partition coefficient (Wildman–Crippen LogP) is 6.70. The van der Waals surface area contributed by atoms with E-state index >= 15 is 0 Å². The summed E-state index contributed by atoms with van der Waals surface area (Å²) in [6.07, 6.45) is 8.39. The van der Waals surface area contributed by atoms with Gasteiger partial charge in [-0.15, -0.1) is 0 Å². The minimum absolute atomic E-state index is 0.729. The van der Waals surface area contributed by atoms with Crippen LogP contribution >= 0.6 is 0 Å². The number of aliphatic carboxylic acids is 1. The van der Waals surface area contributed by atoms with Crippen molar-refractivity contribution >= 4 is 29.2 Å². The van der Waals surface area contributed by atoms with Gasteiger partial charge in [-0.1, -0.05) is 45.9 Å².